The molecule has 4 rings (SSSR count). The van der Waals surface area contributed by atoms with Gasteiger partial charge in [-0.2, -0.15) is 0 Å². The summed E-state index contributed by atoms with van der Waals surface area (Å²) in [6, 6.07) is 9.28. The Labute approximate surface area is 175 Å². The molecule has 3 aromatic rings. The van der Waals surface area contributed by atoms with Crippen LogP contribution in [0.3, 0.4) is 0 Å². The number of rotatable bonds is 4. The Morgan fingerprint density at radius 1 is 1.19 bits per heavy atom. The minimum atomic E-state index is -0.0720. The number of likely N-dealkylation sites (N-methyl/N-ethyl adjacent to an activating group) is 1. The van der Waals surface area contributed by atoms with E-state index in [1.165, 1.54) is 11.3 Å². The molecule has 0 spiro atoms. The van der Waals surface area contributed by atoms with Gasteiger partial charge in [-0.3, -0.25) is 14.3 Å². The van der Waals surface area contributed by atoms with Gasteiger partial charge in [0.15, 0.2) is 0 Å². The van der Waals surface area contributed by atoms with Crippen LogP contribution in [-0.2, 0) is 6.54 Å². The van der Waals surface area contributed by atoms with Crippen molar-refractivity contribution >= 4 is 49.1 Å². The molecule has 1 saturated heterocycles. The second-order valence-corrected chi connectivity index (χ2v) is 9.42. The standard InChI is InChI=1S/C19H20BrClN4OS/c1-2-23-7-9-24(10-8-23)12-17-22-18-13(11-16(20)27-18)19(26)25(17)15-6-4-3-5-14(15)21/h3-6,11H,2,7-10,12H2,1H3. The lowest BCUT2D eigenvalue weighted by molar-refractivity contribution is 0.129. The molecule has 2 aromatic heterocycles. The fourth-order valence-electron chi connectivity index (χ4n) is 3.44. The van der Waals surface area contributed by atoms with E-state index < -0.39 is 0 Å². The molecule has 3 heterocycles. The first-order chi connectivity index (χ1) is 13.1. The highest BCUT2D eigenvalue weighted by Gasteiger charge is 2.21. The molecule has 5 nitrogen and oxygen atoms in total. The fourth-order valence-corrected chi connectivity index (χ4v) is 5.12. The zero-order chi connectivity index (χ0) is 19.0. The SMILES string of the molecule is CCN1CCN(Cc2nc3sc(Br)cc3c(=O)n2-c2ccccc2Cl)CC1. The second kappa shape index (κ2) is 8.01. The van der Waals surface area contributed by atoms with Crippen LogP contribution < -0.4 is 5.56 Å². The first-order valence-corrected chi connectivity index (χ1v) is 11.0. The van der Waals surface area contributed by atoms with E-state index in [4.69, 9.17) is 16.6 Å². The molecule has 1 aliphatic rings. The quantitative estimate of drug-likeness (QED) is 0.581. The number of thiophene rings is 1. The van der Waals surface area contributed by atoms with Crippen LogP contribution in [0.2, 0.25) is 5.02 Å². The molecule has 0 bridgehead atoms. The monoisotopic (exact) mass is 466 g/mol. The third-order valence-corrected chi connectivity index (χ3v) is 6.83. The van der Waals surface area contributed by atoms with E-state index in [0.29, 0.717) is 22.6 Å². The summed E-state index contributed by atoms with van der Waals surface area (Å²) in [6.07, 6.45) is 0. The number of halogens is 2. The van der Waals surface area contributed by atoms with Crippen molar-refractivity contribution in [2.24, 2.45) is 0 Å². The minimum absolute atomic E-state index is 0.0720. The normalized spacial score (nSPS) is 16.3. The van der Waals surface area contributed by atoms with Crippen molar-refractivity contribution in [3.8, 4) is 5.69 Å². The maximum Gasteiger partial charge on any atom is 0.266 e. The van der Waals surface area contributed by atoms with Gasteiger partial charge in [-0.15, -0.1) is 11.3 Å². The average molecular weight is 468 g/mol. The van der Waals surface area contributed by atoms with Crippen molar-refractivity contribution in [1.82, 2.24) is 19.4 Å². The number of hydrogen-bond donors (Lipinski definition) is 0. The Morgan fingerprint density at radius 3 is 2.59 bits per heavy atom. The maximum atomic E-state index is 13.3. The molecule has 0 saturated carbocycles. The summed E-state index contributed by atoms with van der Waals surface area (Å²) < 4.78 is 2.58. The van der Waals surface area contributed by atoms with E-state index in [1.54, 1.807) is 10.6 Å². The molecule has 0 amide bonds. The zero-order valence-electron chi connectivity index (χ0n) is 15.0. The number of para-hydroxylation sites is 1. The molecule has 1 aliphatic heterocycles. The van der Waals surface area contributed by atoms with Crippen molar-refractivity contribution in [3.05, 3.63) is 55.3 Å². The lowest BCUT2D eigenvalue weighted by Crippen LogP contribution is -2.46. The smallest absolute Gasteiger partial charge is 0.266 e. The van der Waals surface area contributed by atoms with Gasteiger partial charge in [0.2, 0.25) is 0 Å². The number of aromatic nitrogens is 2. The van der Waals surface area contributed by atoms with Crippen molar-refractivity contribution in [2.75, 3.05) is 32.7 Å². The molecule has 1 fully saturated rings. The predicted molar refractivity (Wildman–Crippen MR) is 115 cm³/mol. The van der Waals surface area contributed by atoms with Crippen molar-refractivity contribution in [1.29, 1.82) is 0 Å². The fraction of sp³-hybridized carbons (Fsp3) is 0.368. The van der Waals surface area contributed by atoms with Crippen molar-refractivity contribution in [2.45, 2.75) is 13.5 Å². The zero-order valence-corrected chi connectivity index (χ0v) is 18.1. The topological polar surface area (TPSA) is 41.4 Å². The van der Waals surface area contributed by atoms with Gasteiger partial charge in [0.25, 0.3) is 5.56 Å². The van der Waals surface area contributed by atoms with Gasteiger partial charge in [-0.05, 0) is 40.7 Å². The van der Waals surface area contributed by atoms with Crippen LogP contribution in [0.5, 0.6) is 0 Å². The third kappa shape index (κ3) is 3.84. The summed E-state index contributed by atoms with van der Waals surface area (Å²) in [6.45, 7) is 7.92. The molecule has 27 heavy (non-hydrogen) atoms. The highest BCUT2D eigenvalue weighted by atomic mass is 79.9. The summed E-state index contributed by atoms with van der Waals surface area (Å²) in [5, 5.41) is 1.17. The van der Waals surface area contributed by atoms with Crippen molar-refractivity contribution in [3.63, 3.8) is 0 Å². The Balaban J connectivity index is 1.80. The Hall–Kier alpha value is -1.25. The van der Waals surface area contributed by atoms with Gasteiger partial charge >= 0.3 is 0 Å². The molecule has 0 radical (unpaired) electrons. The van der Waals surface area contributed by atoms with Crippen LogP contribution in [0.25, 0.3) is 15.9 Å². The molecule has 0 aliphatic carbocycles. The average Bonchev–Trinajstić information content (AvgIpc) is 3.04. The summed E-state index contributed by atoms with van der Waals surface area (Å²) >= 11 is 11.4. The highest BCUT2D eigenvalue weighted by molar-refractivity contribution is 9.11. The summed E-state index contributed by atoms with van der Waals surface area (Å²) in [5.41, 5.74) is 0.611. The molecule has 0 N–H and O–H groups in total. The van der Waals surface area contributed by atoms with Gasteiger partial charge in [0, 0.05) is 26.2 Å². The molecular weight excluding hydrogens is 448 g/mol. The highest BCUT2D eigenvalue weighted by Crippen LogP contribution is 2.28. The van der Waals surface area contributed by atoms with Crippen LogP contribution in [-0.4, -0.2) is 52.1 Å². The van der Waals surface area contributed by atoms with Crippen LogP contribution in [0, 0.1) is 0 Å². The number of fused-ring (bicyclic) bond motifs is 1. The van der Waals surface area contributed by atoms with Gasteiger partial charge < -0.3 is 4.90 Å². The summed E-state index contributed by atoms with van der Waals surface area (Å²) in [7, 11) is 0. The number of nitrogens with zero attached hydrogens (tertiary/aromatic N) is 4. The van der Waals surface area contributed by atoms with Gasteiger partial charge in [0.1, 0.15) is 10.7 Å². The van der Waals surface area contributed by atoms with E-state index in [1.807, 2.05) is 24.3 Å². The Bertz CT molecular complexity index is 1030. The third-order valence-electron chi connectivity index (χ3n) is 4.98. The first kappa shape index (κ1) is 19.1. The lowest BCUT2D eigenvalue weighted by atomic mass is 10.2. The molecular formula is C19H20BrClN4OS. The molecule has 142 valence electrons. The lowest BCUT2D eigenvalue weighted by Gasteiger charge is -2.34. The minimum Gasteiger partial charge on any atom is -0.301 e. The van der Waals surface area contributed by atoms with Crippen LogP contribution in [0.1, 0.15) is 12.7 Å². The number of piperazine rings is 1. The number of hydrogen-bond acceptors (Lipinski definition) is 5. The van der Waals surface area contributed by atoms with Gasteiger partial charge in [-0.1, -0.05) is 30.7 Å². The van der Waals surface area contributed by atoms with E-state index in [-0.39, 0.29) is 5.56 Å². The van der Waals surface area contributed by atoms with E-state index in [0.717, 1.165) is 47.2 Å². The summed E-state index contributed by atoms with van der Waals surface area (Å²) in [5.74, 6) is 0.736. The molecule has 0 atom stereocenters. The first-order valence-electron chi connectivity index (χ1n) is 8.97. The molecule has 1 aromatic carbocycles. The van der Waals surface area contributed by atoms with E-state index in [2.05, 4.69) is 32.7 Å². The maximum absolute atomic E-state index is 13.3. The van der Waals surface area contributed by atoms with E-state index in [9.17, 15) is 4.79 Å². The van der Waals surface area contributed by atoms with E-state index >= 15 is 0 Å². The van der Waals surface area contributed by atoms with Crippen LogP contribution in [0.4, 0.5) is 0 Å². The van der Waals surface area contributed by atoms with Crippen LogP contribution >= 0.6 is 38.9 Å². The van der Waals surface area contributed by atoms with Gasteiger partial charge in [-0.25, -0.2) is 4.98 Å². The second-order valence-electron chi connectivity index (χ2n) is 6.60. The largest absolute Gasteiger partial charge is 0.301 e. The van der Waals surface area contributed by atoms with Gasteiger partial charge in [0.05, 0.1) is 26.4 Å². The molecule has 0 unspecified atom stereocenters. The Morgan fingerprint density at radius 2 is 1.89 bits per heavy atom. The Kier molecular flexibility index (Phi) is 5.66. The van der Waals surface area contributed by atoms with Crippen LogP contribution in [0.15, 0.2) is 38.9 Å². The summed E-state index contributed by atoms with van der Waals surface area (Å²) in [4.78, 5) is 23.7. The van der Waals surface area contributed by atoms with Crippen molar-refractivity contribution < 1.29 is 0 Å². The predicted octanol–water partition coefficient (Wildman–Crippen LogP) is 4.00. The molecule has 8 heteroatoms. The number of benzene rings is 1.